The molecule has 1 aliphatic heterocycles. The summed E-state index contributed by atoms with van der Waals surface area (Å²) in [5.41, 5.74) is 2.33. The third-order valence-corrected chi connectivity index (χ3v) is 7.12. The molecule has 0 aliphatic carbocycles. The Bertz CT molecular complexity index is 1810. The first kappa shape index (κ1) is 29.2. The number of aromatic carboxylic acids is 1. The van der Waals surface area contributed by atoms with Crippen molar-refractivity contribution in [3.8, 4) is 11.5 Å². The Labute approximate surface area is 253 Å². The molecule has 1 saturated heterocycles. The number of fused-ring (bicyclic) bond motifs is 1. The van der Waals surface area contributed by atoms with E-state index in [2.05, 4.69) is 30.1 Å². The van der Waals surface area contributed by atoms with Crippen LogP contribution in [0.25, 0.3) is 16.8 Å². The van der Waals surface area contributed by atoms with E-state index in [-0.39, 0.29) is 21.9 Å². The fourth-order valence-corrected chi connectivity index (χ4v) is 5.19. The van der Waals surface area contributed by atoms with Crippen LogP contribution in [0.5, 0.6) is 11.5 Å². The van der Waals surface area contributed by atoms with E-state index in [0.29, 0.717) is 36.7 Å². The molecule has 0 radical (unpaired) electrons. The van der Waals surface area contributed by atoms with Crippen LogP contribution in [0, 0.1) is 0 Å². The Kier molecular flexibility index (Phi) is 8.64. The molecule has 0 bridgehead atoms. The highest BCUT2D eigenvalue weighted by Crippen LogP contribution is 2.36. The number of nitrogens with zero attached hydrogens (tertiary/aromatic N) is 1. The molecule has 1 heterocycles. The van der Waals surface area contributed by atoms with Gasteiger partial charge in [0.1, 0.15) is 12.2 Å². The first-order valence-corrected chi connectivity index (χ1v) is 14.0. The van der Waals surface area contributed by atoms with Gasteiger partial charge in [-0.25, -0.2) is 4.79 Å². The van der Waals surface area contributed by atoms with Crippen molar-refractivity contribution in [3.63, 3.8) is 0 Å². The number of carboxylic acid groups (broad SMARTS) is 1. The zero-order valence-corrected chi connectivity index (χ0v) is 24.1. The summed E-state index contributed by atoms with van der Waals surface area (Å²) in [4.78, 5) is 39.1. The number of anilines is 1. The molecule has 0 spiro atoms. The lowest BCUT2D eigenvalue weighted by molar-refractivity contribution is -0.122. The molecule has 0 unspecified atom stereocenters. The molecule has 4 aromatic carbocycles. The summed E-state index contributed by atoms with van der Waals surface area (Å²) >= 11 is 5.27. The topological polar surface area (TPSA) is 105 Å². The Hall–Kier alpha value is -5.28. The number of hydrogen-bond donors (Lipinski definition) is 2. The second-order valence-electron chi connectivity index (χ2n) is 9.67. The van der Waals surface area contributed by atoms with Crippen molar-refractivity contribution in [2.24, 2.45) is 0 Å². The zero-order chi connectivity index (χ0) is 30.5. The van der Waals surface area contributed by atoms with E-state index in [1.807, 2.05) is 37.3 Å². The summed E-state index contributed by atoms with van der Waals surface area (Å²) in [6.45, 7) is 6.40. The lowest BCUT2D eigenvalue weighted by Gasteiger charge is -2.29. The van der Waals surface area contributed by atoms with Gasteiger partial charge in [-0.05, 0) is 83.9 Å². The van der Waals surface area contributed by atoms with Gasteiger partial charge in [0.25, 0.3) is 11.8 Å². The van der Waals surface area contributed by atoms with Gasteiger partial charge in [-0.1, -0.05) is 54.6 Å². The molecule has 2 N–H and O–H groups in total. The van der Waals surface area contributed by atoms with Gasteiger partial charge in [0.15, 0.2) is 16.6 Å². The molecule has 1 aliphatic rings. The van der Waals surface area contributed by atoms with Gasteiger partial charge in [0.2, 0.25) is 0 Å². The molecule has 8 nitrogen and oxygen atoms in total. The predicted molar refractivity (Wildman–Crippen MR) is 169 cm³/mol. The Morgan fingerprint density at radius 2 is 1.77 bits per heavy atom. The van der Waals surface area contributed by atoms with Gasteiger partial charge in [0, 0.05) is 5.56 Å². The van der Waals surface area contributed by atoms with Crippen molar-refractivity contribution in [1.82, 2.24) is 5.32 Å². The third kappa shape index (κ3) is 6.17. The summed E-state index contributed by atoms with van der Waals surface area (Å²) in [6.07, 6.45) is 3.64. The normalized spacial score (nSPS) is 14.1. The van der Waals surface area contributed by atoms with Crippen LogP contribution in [0.1, 0.15) is 34.0 Å². The van der Waals surface area contributed by atoms with Crippen LogP contribution in [0.4, 0.5) is 5.69 Å². The molecule has 4 aromatic rings. The number of amides is 2. The molecule has 216 valence electrons. The van der Waals surface area contributed by atoms with E-state index in [1.165, 1.54) is 24.3 Å². The van der Waals surface area contributed by atoms with E-state index in [0.717, 1.165) is 26.8 Å². The highest BCUT2D eigenvalue weighted by molar-refractivity contribution is 7.80. The number of rotatable bonds is 10. The maximum atomic E-state index is 13.6. The predicted octanol–water partition coefficient (Wildman–Crippen LogP) is 6.08. The molecule has 2 amide bonds. The largest absolute Gasteiger partial charge is 0.490 e. The minimum atomic E-state index is -1.15. The lowest BCUT2D eigenvalue weighted by Crippen LogP contribution is -2.54. The van der Waals surface area contributed by atoms with Gasteiger partial charge in [-0.3, -0.25) is 19.8 Å². The number of carbonyl (C=O) groups is 3. The first-order chi connectivity index (χ1) is 20.8. The molecular weight excluding hydrogens is 564 g/mol. The van der Waals surface area contributed by atoms with Crippen molar-refractivity contribution < 1.29 is 29.0 Å². The van der Waals surface area contributed by atoms with Gasteiger partial charge in [0.05, 0.1) is 17.9 Å². The van der Waals surface area contributed by atoms with Crippen molar-refractivity contribution in [2.75, 3.05) is 11.5 Å². The molecule has 1 fully saturated rings. The lowest BCUT2D eigenvalue weighted by atomic mass is 10.0. The van der Waals surface area contributed by atoms with Crippen LogP contribution < -0.4 is 19.7 Å². The quantitative estimate of drug-likeness (QED) is 0.0996. The van der Waals surface area contributed by atoms with Crippen molar-refractivity contribution in [1.29, 1.82) is 0 Å². The minimum absolute atomic E-state index is 0.0231. The smallest absolute Gasteiger partial charge is 0.335 e. The summed E-state index contributed by atoms with van der Waals surface area (Å²) in [7, 11) is 0. The Morgan fingerprint density at radius 3 is 2.53 bits per heavy atom. The molecule has 0 aromatic heterocycles. The van der Waals surface area contributed by atoms with E-state index in [4.69, 9.17) is 21.7 Å². The van der Waals surface area contributed by atoms with E-state index in [9.17, 15) is 19.5 Å². The van der Waals surface area contributed by atoms with Crippen LogP contribution >= 0.6 is 12.2 Å². The first-order valence-electron chi connectivity index (χ1n) is 13.6. The number of ether oxygens (including phenoxy) is 2. The van der Waals surface area contributed by atoms with Gasteiger partial charge in [-0.2, -0.15) is 0 Å². The van der Waals surface area contributed by atoms with Crippen LogP contribution in [0.3, 0.4) is 0 Å². The van der Waals surface area contributed by atoms with Gasteiger partial charge < -0.3 is 14.6 Å². The fourth-order valence-electron chi connectivity index (χ4n) is 4.91. The van der Waals surface area contributed by atoms with Crippen LogP contribution in [-0.2, 0) is 22.6 Å². The summed E-state index contributed by atoms with van der Waals surface area (Å²) in [5, 5.41) is 14.0. The number of thiocarbonyl (C=S) groups is 1. The number of allylic oxidation sites excluding steroid dienone is 1. The Balaban J connectivity index is 1.52. The van der Waals surface area contributed by atoms with Crippen molar-refractivity contribution in [2.45, 2.75) is 20.0 Å². The molecule has 43 heavy (non-hydrogen) atoms. The second-order valence-corrected chi connectivity index (χ2v) is 10.1. The third-order valence-electron chi connectivity index (χ3n) is 6.83. The number of carbonyl (C=O) groups excluding carboxylic acids is 2. The number of carboxylic acids is 1. The average molecular weight is 593 g/mol. The number of hydrogen-bond acceptors (Lipinski definition) is 6. The molecule has 5 rings (SSSR count). The highest BCUT2D eigenvalue weighted by atomic mass is 32.1. The van der Waals surface area contributed by atoms with Crippen LogP contribution in [0.2, 0.25) is 0 Å². The molecule has 0 atom stereocenters. The summed E-state index contributed by atoms with van der Waals surface area (Å²) < 4.78 is 12.3. The summed E-state index contributed by atoms with van der Waals surface area (Å²) in [6, 6.07) is 23.4. The highest BCUT2D eigenvalue weighted by Gasteiger charge is 2.35. The fraction of sp³-hybridized carbons (Fsp3) is 0.118. The molecule has 0 saturated carbocycles. The Morgan fingerprint density at radius 1 is 1.00 bits per heavy atom. The van der Waals surface area contributed by atoms with Crippen LogP contribution in [-0.4, -0.2) is 34.6 Å². The van der Waals surface area contributed by atoms with Crippen LogP contribution in [0.15, 0.2) is 97.1 Å². The van der Waals surface area contributed by atoms with E-state index >= 15 is 0 Å². The van der Waals surface area contributed by atoms with Crippen molar-refractivity contribution >= 4 is 57.6 Å². The SMILES string of the molecule is C=CCc1cc(C=C2C(=O)NC(=S)N(c3cccc(C(=O)O)c3)C2=O)cc(OCC)c1OCc1cccc2ccccc12. The number of nitrogens with one attached hydrogen (secondary N) is 1. The zero-order valence-electron chi connectivity index (χ0n) is 23.3. The minimum Gasteiger partial charge on any atom is -0.490 e. The average Bonchev–Trinajstić information content (AvgIpc) is 2.99. The summed E-state index contributed by atoms with van der Waals surface area (Å²) in [5.74, 6) is -1.50. The van der Waals surface area contributed by atoms with E-state index < -0.39 is 17.8 Å². The second kappa shape index (κ2) is 12.7. The monoisotopic (exact) mass is 592 g/mol. The maximum Gasteiger partial charge on any atom is 0.335 e. The molecular formula is C34H28N2O6S. The standard InChI is InChI=1S/C34H28N2O6S/c1-3-9-23-16-21(17-28-31(37)35-34(43)36(32(28)38)26-14-8-12-24(19-26)33(39)40)18-29(41-4-2)30(23)42-20-25-13-7-11-22-10-5-6-15-27(22)25/h3,5-8,10-19H,1,4,9,20H2,2H3,(H,39,40)(H,35,37,43). The molecule has 9 heteroatoms. The maximum absolute atomic E-state index is 13.6. The van der Waals surface area contributed by atoms with E-state index in [1.54, 1.807) is 18.2 Å². The van der Waals surface area contributed by atoms with Gasteiger partial charge >= 0.3 is 5.97 Å². The van der Waals surface area contributed by atoms with Crippen molar-refractivity contribution in [3.05, 3.63) is 119 Å². The number of benzene rings is 4. The van der Waals surface area contributed by atoms with Gasteiger partial charge in [-0.15, -0.1) is 6.58 Å².